The number of para-hydroxylation sites is 2. The number of carbonyl (C=O) groups excluding carboxylic acids is 1. The predicted octanol–water partition coefficient (Wildman–Crippen LogP) is 6.92. The van der Waals surface area contributed by atoms with Crippen LogP contribution in [0.3, 0.4) is 0 Å². The van der Waals surface area contributed by atoms with E-state index in [9.17, 15) is 4.79 Å². The van der Waals surface area contributed by atoms with Gasteiger partial charge in [-0.25, -0.2) is 0 Å². The maximum atomic E-state index is 12.6. The molecule has 3 heteroatoms. The third kappa shape index (κ3) is 5.60. The van der Waals surface area contributed by atoms with Crippen molar-refractivity contribution in [1.29, 1.82) is 0 Å². The van der Waals surface area contributed by atoms with Crippen molar-refractivity contribution in [3.05, 3.63) is 59.7 Å². The fourth-order valence-electron chi connectivity index (χ4n) is 3.89. The molecule has 1 heterocycles. The maximum Gasteiger partial charge on any atom is 0.220 e. The first-order valence-electron chi connectivity index (χ1n) is 10.9. The molecule has 0 aliphatic carbocycles. The molecular weight excluding hydrogens is 346 g/mol. The first-order valence-corrected chi connectivity index (χ1v) is 10.9. The molecule has 0 fully saturated rings. The van der Waals surface area contributed by atoms with Gasteiger partial charge < -0.3 is 10.1 Å². The molecule has 0 saturated carbocycles. The molecule has 0 spiro atoms. The summed E-state index contributed by atoms with van der Waals surface area (Å²) in [6.07, 6.45) is 12.0. The molecule has 3 nitrogen and oxygen atoms in total. The van der Waals surface area contributed by atoms with E-state index in [-0.39, 0.29) is 11.9 Å². The monoisotopic (exact) mass is 379 g/mol. The highest BCUT2D eigenvalue weighted by molar-refractivity contribution is 5.77. The lowest BCUT2D eigenvalue weighted by atomic mass is 9.94. The standard InChI is InChI=1S/C25H33NO2/c1-2-3-4-5-6-7-8-9-10-19-24(27)26-25-20-15-11-13-17-22(20)28-23-18-14-12-16-21(23)25/h11-18,25H,2-10,19H2,1H3,(H,26,27). The molecule has 0 bridgehead atoms. The molecule has 1 N–H and O–H groups in total. The van der Waals surface area contributed by atoms with Crippen molar-refractivity contribution in [3.63, 3.8) is 0 Å². The summed E-state index contributed by atoms with van der Waals surface area (Å²) in [5.74, 6) is 1.78. The topological polar surface area (TPSA) is 38.3 Å². The van der Waals surface area contributed by atoms with Gasteiger partial charge in [0.1, 0.15) is 11.5 Å². The third-order valence-corrected chi connectivity index (χ3v) is 5.49. The van der Waals surface area contributed by atoms with E-state index < -0.39 is 0 Å². The van der Waals surface area contributed by atoms with Crippen molar-refractivity contribution in [1.82, 2.24) is 5.32 Å². The van der Waals surface area contributed by atoms with Gasteiger partial charge in [0.15, 0.2) is 0 Å². The molecule has 28 heavy (non-hydrogen) atoms. The van der Waals surface area contributed by atoms with Crippen LogP contribution in [0.1, 0.15) is 88.3 Å². The van der Waals surface area contributed by atoms with Crippen LogP contribution in [0.2, 0.25) is 0 Å². The van der Waals surface area contributed by atoms with Gasteiger partial charge in [-0.05, 0) is 18.6 Å². The van der Waals surface area contributed by atoms with Crippen LogP contribution in [0.5, 0.6) is 11.5 Å². The quantitative estimate of drug-likeness (QED) is 0.430. The fourth-order valence-corrected chi connectivity index (χ4v) is 3.89. The fraction of sp³-hybridized carbons (Fsp3) is 0.480. The lowest BCUT2D eigenvalue weighted by Gasteiger charge is -2.28. The van der Waals surface area contributed by atoms with Crippen molar-refractivity contribution in [3.8, 4) is 11.5 Å². The molecule has 1 aliphatic rings. The summed E-state index contributed by atoms with van der Waals surface area (Å²) in [6.45, 7) is 2.25. The van der Waals surface area contributed by atoms with Crippen LogP contribution in [-0.2, 0) is 4.79 Å². The molecule has 0 aromatic heterocycles. The second kappa shape index (κ2) is 10.9. The second-order valence-corrected chi connectivity index (χ2v) is 7.76. The average Bonchev–Trinajstić information content (AvgIpc) is 2.72. The molecule has 0 unspecified atom stereocenters. The second-order valence-electron chi connectivity index (χ2n) is 7.76. The molecule has 0 saturated heterocycles. The summed E-state index contributed by atoms with van der Waals surface area (Å²) in [5.41, 5.74) is 2.06. The van der Waals surface area contributed by atoms with Crippen LogP contribution >= 0.6 is 0 Å². The maximum absolute atomic E-state index is 12.6. The van der Waals surface area contributed by atoms with Gasteiger partial charge in [0.25, 0.3) is 0 Å². The summed E-state index contributed by atoms with van der Waals surface area (Å²) >= 11 is 0. The van der Waals surface area contributed by atoms with Crippen molar-refractivity contribution < 1.29 is 9.53 Å². The van der Waals surface area contributed by atoms with E-state index in [1.165, 1.54) is 44.9 Å². The molecule has 2 aromatic carbocycles. The Labute approximate surface area is 169 Å². The number of rotatable bonds is 11. The van der Waals surface area contributed by atoms with E-state index in [4.69, 9.17) is 4.74 Å². The molecule has 150 valence electrons. The molecule has 0 radical (unpaired) electrons. The Morgan fingerprint density at radius 3 is 1.86 bits per heavy atom. The smallest absolute Gasteiger partial charge is 0.220 e. The number of hydrogen-bond acceptors (Lipinski definition) is 2. The number of ether oxygens (including phenoxy) is 1. The van der Waals surface area contributed by atoms with Gasteiger partial charge in [0.2, 0.25) is 5.91 Å². The lowest BCUT2D eigenvalue weighted by Crippen LogP contribution is -2.31. The SMILES string of the molecule is CCCCCCCCCCCC(=O)NC1c2ccccc2Oc2ccccc21. The Morgan fingerprint density at radius 1 is 0.786 bits per heavy atom. The highest BCUT2D eigenvalue weighted by atomic mass is 16.5. The van der Waals surface area contributed by atoms with Gasteiger partial charge in [-0.15, -0.1) is 0 Å². The zero-order valence-electron chi connectivity index (χ0n) is 17.1. The van der Waals surface area contributed by atoms with Crippen molar-refractivity contribution in [2.24, 2.45) is 0 Å². The first kappa shape index (κ1) is 20.4. The van der Waals surface area contributed by atoms with Crippen LogP contribution in [0, 0.1) is 0 Å². The van der Waals surface area contributed by atoms with E-state index in [2.05, 4.69) is 12.2 Å². The molecule has 1 aliphatic heterocycles. The van der Waals surface area contributed by atoms with E-state index >= 15 is 0 Å². The highest BCUT2D eigenvalue weighted by Crippen LogP contribution is 2.42. The van der Waals surface area contributed by atoms with Gasteiger partial charge in [-0.3, -0.25) is 4.79 Å². The summed E-state index contributed by atoms with van der Waals surface area (Å²) in [4.78, 5) is 12.6. The Hall–Kier alpha value is -2.29. The molecular formula is C25H33NO2. The van der Waals surface area contributed by atoms with Crippen LogP contribution in [-0.4, -0.2) is 5.91 Å². The van der Waals surface area contributed by atoms with Crippen LogP contribution < -0.4 is 10.1 Å². The molecule has 1 amide bonds. The third-order valence-electron chi connectivity index (χ3n) is 5.49. The number of nitrogens with one attached hydrogen (secondary N) is 1. The number of fused-ring (bicyclic) bond motifs is 2. The van der Waals surface area contributed by atoms with Crippen molar-refractivity contribution in [2.45, 2.75) is 77.2 Å². The summed E-state index contributed by atoms with van der Waals surface area (Å²) in [6, 6.07) is 15.8. The number of amides is 1. The molecule has 2 aromatic rings. The van der Waals surface area contributed by atoms with Crippen molar-refractivity contribution >= 4 is 5.91 Å². The van der Waals surface area contributed by atoms with Gasteiger partial charge in [0.05, 0.1) is 6.04 Å². The van der Waals surface area contributed by atoms with E-state index in [1.54, 1.807) is 0 Å². The van der Waals surface area contributed by atoms with Gasteiger partial charge in [-0.1, -0.05) is 94.7 Å². The Kier molecular flexibility index (Phi) is 7.95. The van der Waals surface area contributed by atoms with Crippen molar-refractivity contribution in [2.75, 3.05) is 0 Å². The highest BCUT2D eigenvalue weighted by Gasteiger charge is 2.27. The normalized spacial score (nSPS) is 12.8. The minimum atomic E-state index is -0.132. The summed E-state index contributed by atoms with van der Waals surface area (Å²) < 4.78 is 6.00. The van der Waals surface area contributed by atoms with Gasteiger partial charge in [-0.2, -0.15) is 0 Å². The number of unbranched alkanes of at least 4 members (excludes halogenated alkanes) is 8. The minimum absolute atomic E-state index is 0.124. The van der Waals surface area contributed by atoms with Gasteiger partial charge >= 0.3 is 0 Å². The van der Waals surface area contributed by atoms with Crippen LogP contribution in [0.25, 0.3) is 0 Å². The largest absolute Gasteiger partial charge is 0.457 e. The van der Waals surface area contributed by atoms with Crippen LogP contribution in [0.4, 0.5) is 0 Å². The van der Waals surface area contributed by atoms with Crippen LogP contribution in [0.15, 0.2) is 48.5 Å². The molecule has 0 atom stereocenters. The zero-order valence-corrected chi connectivity index (χ0v) is 17.1. The van der Waals surface area contributed by atoms with E-state index in [0.29, 0.717) is 6.42 Å². The summed E-state index contributed by atoms with van der Waals surface area (Å²) in [7, 11) is 0. The number of benzene rings is 2. The summed E-state index contributed by atoms with van der Waals surface area (Å²) in [5, 5.41) is 3.24. The first-order chi connectivity index (χ1) is 13.8. The molecule has 3 rings (SSSR count). The Morgan fingerprint density at radius 2 is 1.29 bits per heavy atom. The zero-order chi connectivity index (χ0) is 19.6. The van der Waals surface area contributed by atoms with E-state index in [0.717, 1.165) is 35.5 Å². The predicted molar refractivity (Wildman–Crippen MR) is 115 cm³/mol. The number of carbonyl (C=O) groups is 1. The Bertz CT molecular complexity index is 710. The number of hydrogen-bond donors (Lipinski definition) is 1. The van der Waals surface area contributed by atoms with E-state index in [1.807, 2.05) is 48.5 Å². The minimum Gasteiger partial charge on any atom is -0.457 e. The lowest BCUT2D eigenvalue weighted by molar-refractivity contribution is -0.121. The Balaban J connectivity index is 1.46. The average molecular weight is 380 g/mol. The van der Waals surface area contributed by atoms with Gasteiger partial charge in [0, 0.05) is 17.5 Å².